The first kappa shape index (κ1) is 16.6. The van der Waals surface area contributed by atoms with E-state index >= 15 is 0 Å². The van der Waals surface area contributed by atoms with Gasteiger partial charge in [0.05, 0.1) is 5.97 Å². The zero-order chi connectivity index (χ0) is 18.8. The van der Waals surface area contributed by atoms with E-state index in [1.165, 1.54) is 0 Å². The fourth-order valence-corrected chi connectivity index (χ4v) is 2.97. The molecule has 0 saturated heterocycles. The van der Waals surface area contributed by atoms with E-state index in [0.29, 0.717) is 5.69 Å². The lowest BCUT2D eigenvalue weighted by molar-refractivity contribution is -0.298. The van der Waals surface area contributed by atoms with Crippen molar-refractivity contribution in [2.45, 2.75) is 0 Å². The van der Waals surface area contributed by atoms with Gasteiger partial charge in [0, 0.05) is 5.69 Å². The minimum atomic E-state index is -1.58. The summed E-state index contributed by atoms with van der Waals surface area (Å²) in [5.41, 5.74) is 0.839. The number of carbonyl (C=O) groups is 2. The molecule has 132 valence electrons. The number of carboxylic acid groups (broad SMARTS) is 1. The second-order valence-electron chi connectivity index (χ2n) is 5.99. The normalized spacial score (nSPS) is 15.3. The highest BCUT2D eigenvalue weighted by molar-refractivity contribution is 6.26. The number of aliphatic carboxylic acids is 1. The number of hydrogen-bond acceptors (Lipinski definition) is 5. The van der Waals surface area contributed by atoms with Crippen molar-refractivity contribution in [1.82, 2.24) is 0 Å². The maximum absolute atomic E-state index is 12.6. The largest absolute Gasteiger partial charge is 0.544 e. The standard InChI is InChI=1S/C22H15NO4/c24-20-18(13-15-9-6-8-14-7-4-5-12-17(14)15)27-21(19(20)22(25)26)23-16-10-2-1-3-11-16/h1-13,23H,(H,25,26)/p-1/b18-13-. The van der Waals surface area contributed by atoms with Crippen LogP contribution in [0.2, 0.25) is 0 Å². The summed E-state index contributed by atoms with van der Waals surface area (Å²) in [6, 6.07) is 22.2. The Morgan fingerprint density at radius 1 is 0.926 bits per heavy atom. The molecule has 0 unspecified atom stereocenters. The van der Waals surface area contributed by atoms with Crippen LogP contribution < -0.4 is 10.4 Å². The molecule has 0 atom stereocenters. The minimum Gasteiger partial charge on any atom is -0.544 e. The second-order valence-corrected chi connectivity index (χ2v) is 5.99. The van der Waals surface area contributed by atoms with Crippen molar-refractivity contribution < 1.29 is 19.4 Å². The summed E-state index contributed by atoms with van der Waals surface area (Å²) in [4.78, 5) is 24.1. The molecule has 0 aliphatic carbocycles. The van der Waals surface area contributed by atoms with E-state index in [9.17, 15) is 14.7 Å². The van der Waals surface area contributed by atoms with Crippen LogP contribution in [0.4, 0.5) is 5.69 Å². The van der Waals surface area contributed by atoms with Crippen molar-refractivity contribution in [2.75, 3.05) is 5.32 Å². The molecule has 27 heavy (non-hydrogen) atoms. The molecular formula is C22H14NO4-. The number of fused-ring (bicyclic) bond motifs is 1. The third-order valence-electron chi connectivity index (χ3n) is 4.24. The molecule has 0 radical (unpaired) electrons. The molecule has 0 amide bonds. The summed E-state index contributed by atoms with van der Waals surface area (Å²) < 4.78 is 5.56. The van der Waals surface area contributed by atoms with Crippen molar-refractivity contribution in [2.24, 2.45) is 0 Å². The molecule has 4 rings (SSSR count). The van der Waals surface area contributed by atoms with E-state index in [4.69, 9.17) is 4.74 Å². The predicted molar refractivity (Wildman–Crippen MR) is 100 cm³/mol. The maximum atomic E-state index is 12.6. The molecule has 1 aliphatic rings. The molecular weight excluding hydrogens is 342 g/mol. The van der Waals surface area contributed by atoms with Gasteiger partial charge in [-0.05, 0) is 34.5 Å². The highest BCUT2D eigenvalue weighted by atomic mass is 16.5. The molecule has 0 aromatic heterocycles. The van der Waals surface area contributed by atoms with Gasteiger partial charge in [0.1, 0.15) is 5.57 Å². The number of ether oxygens (including phenoxy) is 1. The molecule has 0 fully saturated rings. The molecule has 1 heterocycles. The first-order valence-electron chi connectivity index (χ1n) is 8.33. The number of ketones is 1. The van der Waals surface area contributed by atoms with Gasteiger partial charge in [-0.15, -0.1) is 0 Å². The van der Waals surface area contributed by atoms with Gasteiger partial charge in [0.15, 0.2) is 5.76 Å². The summed E-state index contributed by atoms with van der Waals surface area (Å²) in [5, 5.41) is 16.3. The summed E-state index contributed by atoms with van der Waals surface area (Å²) in [7, 11) is 0. The van der Waals surface area contributed by atoms with Crippen LogP contribution in [-0.4, -0.2) is 11.8 Å². The third-order valence-corrected chi connectivity index (χ3v) is 4.24. The van der Waals surface area contributed by atoms with E-state index in [1.54, 1.807) is 30.3 Å². The molecule has 0 spiro atoms. The zero-order valence-corrected chi connectivity index (χ0v) is 14.1. The average molecular weight is 356 g/mol. The SMILES string of the molecule is O=C([O-])C1=C(Nc2ccccc2)O/C(=C\c2cccc3ccccc23)C1=O. The number of benzene rings is 3. The maximum Gasteiger partial charge on any atom is 0.235 e. The summed E-state index contributed by atoms with van der Waals surface area (Å²) >= 11 is 0. The number of para-hydroxylation sites is 1. The quantitative estimate of drug-likeness (QED) is 0.574. The second kappa shape index (κ2) is 6.80. The van der Waals surface area contributed by atoms with Gasteiger partial charge < -0.3 is 20.0 Å². The zero-order valence-electron chi connectivity index (χ0n) is 14.1. The van der Waals surface area contributed by atoms with E-state index in [2.05, 4.69) is 5.32 Å². The Labute approximate surface area is 155 Å². The number of nitrogens with one attached hydrogen (secondary N) is 1. The van der Waals surface area contributed by atoms with Crippen LogP contribution in [0.15, 0.2) is 90.0 Å². The lowest BCUT2D eigenvalue weighted by Gasteiger charge is -2.09. The van der Waals surface area contributed by atoms with Crippen LogP contribution in [0.3, 0.4) is 0 Å². The third kappa shape index (κ3) is 3.18. The highest BCUT2D eigenvalue weighted by Crippen LogP contribution is 2.29. The van der Waals surface area contributed by atoms with Gasteiger partial charge in [0.2, 0.25) is 11.7 Å². The number of anilines is 1. The molecule has 3 aromatic rings. The van der Waals surface area contributed by atoms with Gasteiger partial charge in [-0.2, -0.15) is 0 Å². The van der Waals surface area contributed by atoms with Crippen LogP contribution in [0, 0.1) is 0 Å². The lowest BCUT2D eigenvalue weighted by Crippen LogP contribution is -2.28. The number of rotatable bonds is 4. The van der Waals surface area contributed by atoms with E-state index in [-0.39, 0.29) is 11.6 Å². The van der Waals surface area contributed by atoms with Crippen LogP contribution in [0.1, 0.15) is 5.56 Å². The number of allylic oxidation sites excluding steroid dienone is 1. The van der Waals surface area contributed by atoms with Crippen molar-refractivity contribution >= 4 is 34.3 Å². The molecule has 1 aliphatic heterocycles. The first-order chi connectivity index (χ1) is 13.1. The van der Waals surface area contributed by atoms with Gasteiger partial charge in [-0.3, -0.25) is 4.79 Å². The van der Waals surface area contributed by atoms with Crippen molar-refractivity contribution in [3.8, 4) is 0 Å². The van der Waals surface area contributed by atoms with Crippen molar-refractivity contribution in [1.29, 1.82) is 0 Å². The van der Waals surface area contributed by atoms with Crippen molar-refractivity contribution in [3.05, 3.63) is 95.6 Å². The number of hydrogen-bond donors (Lipinski definition) is 1. The highest BCUT2D eigenvalue weighted by Gasteiger charge is 2.32. The van der Waals surface area contributed by atoms with Gasteiger partial charge in [-0.1, -0.05) is 60.7 Å². The Morgan fingerprint density at radius 2 is 1.63 bits per heavy atom. The Hall–Kier alpha value is -3.86. The predicted octanol–water partition coefficient (Wildman–Crippen LogP) is 2.85. The molecule has 1 N–H and O–H groups in total. The molecule has 5 nitrogen and oxygen atoms in total. The lowest BCUT2D eigenvalue weighted by atomic mass is 10.0. The number of carboxylic acids is 1. The summed E-state index contributed by atoms with van der Waals surface area (Å²) in [6.45, 7) is 0. The van der Waals surface area contributed by atoms with Crippen LogP contribution in [0.5, 0.6) is 0 Å². The monoisotopic (exact) mass is 356 g/mol. The van der Waals surface area contributed by atoms with Gasteiger partial charge in [0.25, 0.3) is 0 Å². The Morgan fingerprint density at radius 3 is 2.41 bits per heavy atom. The van der Waals surface area contributed by atoms with E-state index in [1.807, 2.05) is 48.5 Å². The molecule has 5 heteroatoms. The molecule has 0 saturated carbocycles. The van der Waals surface area contributed by atoms with Gasteiger partial charge >= 0.3 is 0 Å². The average Bonchev–Trinajstić information content (AvgIpc) is 2.98. The van der Waals surface area contributed by atoms with Crippen molar-refractivity contribution in [3.63, 3.8) is 0 Å². The van der Waals surface area contributed by atoms with E-state index in [0.717, 1.165) is 16.3 Å². The van der Waals surface area contributed by atoms with E-state index < -0.39 is 17.3 Å². The Bertz CT molecular complexity index is 1110. The Kier molecular flexibility index (Phi) is 4.18. The topological polar surface area (TPSA) is 78.5 Å². The Balaban J connectivity index is 1.73. The van der Waals surface area contributed by atoms with Crippen LogP contribution in [0.25, 0.3) is 16.8 Å². The fourth-order valence-electron chi connectivity index (χ4n) is 2.97. The summed E-state index contributed by atoms with van der Waals surface area (Å²) in [5.74, 6) is -2.51. The number of carbonyl (C=O) groups excluding carboxylic acids is 2. The number of Topliss-reactive ketones (excluding diaryl/α,β-unsaturated/α-hetero) is 1. The van der Waals surface area contributed by atoms with Crippen LogP contribution >= 0.6 is 0 Å². The molecule has 3 aromatic carbocycles. The first-order valence-corrected chi connectivity index (χ1v) is 8.33. The fraction of sp³-hybridized carbons (Fsp3) is 0. The van der Waals surface area contributed by atoms with Gasteiger partial charge in [-0.25, -0.2) is 0 Å². The van der Waals surface area contributed by atoms with Crippen LogP contribution in [-0.2, 0) is 14.3 Å². The minimum absolute atomic E-state index is 0.0658. The molecule has 0 bridgehead atoms. The summed E-state index contributed by atoms with van der Waals surface area (Å²) in [6.07, 6.45) is 1.55. The smallest absolute Gasteiger partial charge is 0.235 e.